The van der Waals surface area contributed by atoms with Crippen molar-refractivity contribution in [3.63, 3.8) is 0 Å². The van der Waals surface area contributed by atoms with Crippen LogP contribution in [0.4, 0.5) is 10.9 Å². The summed E-state index contributed by atoms with van der Waals surface area (Å²) in [4.78, 5) is 23.3. The van der Waals surface area contributed by atoms with Gasteiger partial charge in [0.1, 0.15) is 11.5 Å². The lowest BCUT2D eigenvalue weighted by molar-refractivity contribution is 0.0945. The fourth-order valence-electron chi connectivity index (χ4n) is 3.08. The Morgan fingerprint density at radius 2 is 2.30 bits per heavy atom. The molecular formula is C19H24N6OS. The summed E-state index contributed by atoms with van der Waals surface area (Å²) in [6, 6.07) is 8.25. The SMILES string of the molecule is CC(C)CNC(=O)c1csc(Nc2cccc(C3CCCN3CC#N)n2)n1. The van der Waals surface area contributed by atoms with Crippen molar-refractivity contribution in [3.8, 4) is 6.07 Å². The van der Waals surface area contributed by atoms with Gasteiger partial charge in [0, 0.05) is 11.9 Å². The molecule has 1 atom stereocenters. The Balaban J connectivity index is 1.67. The third-order valence-corrected chi connectivity index (χ3v) is 5.15. The molecule has 142 valence electrons. The fraction of sp³-hybridized carbons (Fsp3) is 0.474. The molecule has 0 aliphatic carbocycles. The Bertz CT molecular complexity index is 828. The third kappa shape index (κ3) is 5.02. The van der Waals surface area contributed by atoms with Gasteiger partial charge in [-0.1, -0.05) is 19.9 Å². The van der Waals surface area contributed by atoms with Gasteiger partial charge in [-0.15, -0.1) is 11.3 Å². The molecule has 2 N–H and O–H groups in total. The second-order valence-corrected chi connectivity index (χ2v) is 7.86. The molecule has 1 aliphatic heterocycles. The van der Waals surface area contributed by atoms with Crippen LogP contribution in [0.25, 0.3) is 0 Å². The molecule has 7 nitrogen and oxygen atoms in total. The van der Waals surface area contributed by atoms with Crippen molar-refractivity contribution >= 4 is 28.2 Å². The number of hydrogen-bond donors (Lipinski definition) is 2. The van der Waals surface area contributed by atoms with Gasteiger partial charge in [0.2, 0.25) is 0 Å². The molecule has 0 spiro atoms. The van der Waals surface area contributed by atoms with Crippen LogP contribution in [-0.2, 0) is 0 Å². The Labute approximate surface area is 163 Å². The molecular weight excluding hydrogens is 360 g/mol. The molecule has 0 aromatic carbocycles. The van der Waals surface area contributed by atoms with Crippen molar-refractivity contribution in [2.75, 3.05) is 25.0 Å². The minimum atomic E-state index is -0.159. The zero-order valence-corrected chi connectivity index (χ0v) is 16.4. The number of nitrogens with one attached hydrogen (secondary N) is 2. The first-order valence-electron chi connectivity index (χ1n) is 9.15. The largest absolute Gasteiger partial charge is 0.350 e. The van der Waals surface area contributed by atoms with Crippen LogP contribution in [-0.4, -0.2) is 40.4 Å². The Kier molecular flexibility index (Phi) is 6.37. The van der Waals surface area contributed by atoms with Crippen LogP contribution in [0.2, 0.25) is 0 Å². The molecule has 2 aromatic rings. The number of anilines is 2. The van der Waals surface area contributed by atoms with E-state index in [-0.39, 0.29) is 11.9 Å². The van der Waals surface area contributed by atoms with Crippen molar-refractivity contribution in [3.05, 3.63) is 35.0 Å². The molecule has 0 saturated carbocycles. The molecule has 1 unspecified atom stereocenters. The fourth-order valence-corrected chi connectivity index (χ4v) is 3.78. The molecule has 3 rings (SSSR count). The number of carbonyl (C=O) groups is 1. The molecule has 2 aromatic heterocycles. The van der Waals surface area contributed by atoms with E-state index in [1.807, 2.05) is 18.2 Å². The van der Waals surface area contributed by atoms with Gasteiger partial charge in [-0.05, 0) is 37.4 Å². The summed E-state index contributed by atoms with van der Waals surface area (Å²) >= 11 is 1.38. The summed E-state index contributed by atoms with van der Waals surface area (Å²) in [6.07, 6.45) is 2.09. The number of pyridine rings is 1. The minimum Gasteiger partial charge on any atom is -0.350 e. The lowest BCUT2D eigenvalue weighted by Crippen LogP contribution is -2.27. The van der Waals surface area contributed by atoms with Gasteiger partial charge in [-0.3, -0.25) is 9.69 Å². The first-order valence-corrected chi connectivity index (χ1v) is 10.0. The first-order chi connectivity index (χ1) is 13.1. The smallest absolute Gasteiger partial charge is 0.270 e. The van der Waals surface area contributed by atoms with E-state index < -0.39 is 0 Å². The highest BCUT2D eigenvalue weighted by Gasteiger charge is 2.26. The predicted octanol–water partition coefficient (Wildman–Crippen LogP) is 3.33. The second-order valence-electron chi connectivity index (χ2n) is 7.00. The highest BCUT2D eigenvalue weighted by atomic mass is 32.1. The summed E-state index contributed by atoms with van der Waals surface area (Å²) in [5.41, 5.74) is 1.37. The van der Waals surface area contributed by atoms with Crippen molar-refractivity contribution in [1.82, 2.24) is 20.2 Å². The van der Waals surface area contributed by atoms with Gasteiger partial charge in [-0.25, -0.2) is 9.97 Å². The first kappa shape index (κ1) is 19.3. The average Bonchev–Trinajstić information content (AvgIpc) is 3.30. The van der Waals surface area contributed by atoms with E-state index >= 15 is 0 Å². The molecule has 1 aliphatic rings. The second kappa shape index (κ2) is 8.93. The highest BCUT2D eigenvalue weighted by molar-refractivity contribution is 7.14. The maximum Gasteiger partial charge on any atom is 0.270 e. The van der Waals surface area contributed by atoms with Crippen LogP contribution in [0.15, 0.2) is 23.6 Å². The topological polar surface area (TPSA) is 93.9 Å². The molecule has 27 heavy (non-hydrogen) atoms. The standard InChI is InChI=1S/C19H24N6OS/c1-13(2)11-21-18(26)15-12-27-19(23-15)24-17-7-3-5-14(22-17)16-6-4-9-25(16)10-8-20/h3,5,7,12-13,16H,4,6,9-11H2,1-2H3,(H,21,26)(H,22,23,24). The number of hydrogen-bond acceptors (Lipinski definition) is 7. The van der Waals surface area contributed by atoms with Crippen LogP contribution >= 0.6 is 11.3 Å². The number of amides is 1. The number of rotatable bonds is 7. The predicted molar refractivity (Wildman–Crippen MR) is 106 cm³/mol. The molecule has 1 saturated heterocycles. The number of nitrogens with zero attached hydrogens (tertiary/aromatic N) is 4. The molecule has 3 heterocycles. The van der Waals surface area contributed by atoms with Gasteiger partial charge >= 0.3 is 0 Å². The van der Waals surface area contributed by atoms with Crippen LogP contribution in [0.1, 0.15) is 48.9 Å². The lowest BCUT2D eigenvalue weighted by Gasteiger charge is -2.21. The summed E-state index contributed by atoms with van der Waals surface area (Å²) < 4.78 is 0. The summed E-state index contributed by atoms with van der Waals surface area (Å²) in [7, 11) is 0. The average molecular weight is 385 g/mol. The van der Waals surface area contributed by atoms with E-state index in [4.69, 9.17) is 10.2 Å². The van der Waals surface area contributed by atoms with Gasteiger partial charge in [0.05, 0.1) is 24.3 Å². The highest BCUT2D eigenvalue weighted by Crippen LogP contribution is 2.31. The van der Waals surface area contributed by atoms with Crippen LogP contribution in [0, 0.1) is 17.2 Å². The quantitative estimate of drug-likeness (QED) is 0.711. The monoisotopic (exact) mass is 384 g/mol. The zero-order valence-electron chi connectivity index (χ0n) is 15.6. The number of carbonyl (C=O) groups excluding carboxylic acids is 1. The Morgan fingerprint density at radius 3 is 3.07 bits per heavy atom. The van der Waals surface area contributed by atoms with Gasteiger partial charge < -0.3 is 10.6 Å². The van der Waals surface area contributed by atoms with Gasteiger partial charge in [-0.2, -0.15) is 5.26 Å². The van der Waals surface area contributed by atoms with Crippen LogP contribution in [0.3, 0.4) is 0 Å². The van der Waals surface area contributed by atoms with E-state index in [0.717, 1.165) is 25.1 Å². The summed E-state index contributed by atoms with van der Waals surface area (Å²) in [5, 5.41) is 17.4. The van der Waals surface area contributed by atoms with Gasteiger partial charge in [0.15, 0.2) is 5.13 Å². The van der Waals surface area contributed by atoms with Crippen molar-refractivity contribution in [2.45, 2.75) is 32.7 Å². The minimum absolute atomic E-state index is 0.159. The van der Waals surface area contributed by atoms with Crippen LogP contribution in [0.5, 0.6) is 0 Å². The van der Waals surface area contributed by atoms with Crippen LogP contribution < -0.4 is 10.6 Å². The summed E-state index contributed by atoms with van der Waals surface area (Å²) in [5.74, 6) is 0.931. The van der Waals surface area contributed by atoms with E-state index in [0.29, 0.717) is 35.7 Å². The molecule has 0 radical (unpaired) electrons. The van der Waals surface area contributed by atoms with E-state index in [1.54, 1.807) is 5.38 Å². The Morgan fingerprint density at radius 1 is 1.44 bits per heavy atom. The maximum absolute atomic E-state index is 12.1. The maximum atomic E-state index is 12.1. The number of nitriles is 1. The number of likely N-dealkylation sites (tertiary alicyclic amines) is 1. The number of thiazole rings is 1. The zero-order chi connectivity index (χ0) is 19.2. The lowest BCUT2D eigenvalue weighted by atomic mass is 10.1. The van der Waals surface area contributed by atoms with Gasteiger partial charge in [0.25, 0.3) is 5.91 Å². The van der Waals surface area contributed by atoms with Crippen molar-refractivity contribution in [1.29, 1.82) is 5.26 Å². The molecule has 8 heteroatoms. The molecule has 1 amide bonds. The molecule has 1 fully saturated rings. The molecule has 0 bridgehead atoms. The van der Waals surface area contributed by atoms with E-state index in [9.17, 15) is 4.79 Å². The van der Waals surface area contributed by atoms with E-state index in [1.165, 1.54) is 11.3 Å². The van der Waals surface area contributed by atoms with Crippen molar-refractivity contribution < 1.29 is 4.79 Å². The van der Waals surface area contributed by atoms with E-state index in [2.05, 4.69) is 40.4 Å². The summed E-state index contributed by atoms with van der Waals surface area (Å²) in [6.45, 7) is 6.08. The third-order valence-electron chi connectivity index (χ3n) is 4.39. The van der Waals surface area contributed by atoms with Crippen molar-refractivity contribution in [2.24, 2.45) is 5.92 Å². The normalized spacial score (nSPS) is 17.0. The Hall–Kier alpha value is -2.50. The number of aromatic nitrogens is 2.